The zero-order valence-corrected chi connectivity index (χ0v) is 15.5. The van der Waals surface area contributed by atoms with Gasteiger partial charge in [0.25, 0.3) is 5.91 Å². The summed E-state index contributed by atoms with van der Waals surface area (Å²) in [5.74, 6) is -0.0830. The van der Waals surface area contributed by atoms with E-state index in [9.17, 15) is 9.59 Å². The number of hydrogen-bond acceptors (Lipinski definition) is 3. The van der Waals surface area contributed by atoms with Crippen molar-refractivity contribution in [2.75, 3.05) is 19.6 Å². The van der Waals surface area contributed by atoms with Gasteiger partial charge in [0.1, 0.15) is 0 Å². The molecule has 0 saturated carbocycles. The molecule has 0 aliphatic heterocycles. The Kier molecular flexibility index (Phi) is 11.7. The Morgan fingerprint density at radius 2 is 1.67 bits per heavy atom. The van der Waals surface area contributed by atoms with Crippen LogP contribution >= 0.6 is 12.4 Å². The van der Waals surface area contributed by atoms with Gasteiger partial charge in [-0.3, -0.25) is 4.79 Å². The molecule has 0 aliphatic rings. The summed E-state index contributed by atoms with van der Waals surface area (Å²) in [7, 11) is 0. The lowest BCUT2D eigenvalue weighted by Gasteiger charge is -2.10. The molecule has 1 rings (SSSR count). The molecule has 0 saturated heterocycles. The van der Waals surface area contributed by atoms with Gasteiger partial charge in [-0.05, 0) is 44.5 Å². The van der Waals surface area contributed by atoms with Gasteiger partial charge in [0.05, 0.1) is 0 Å². The van der Waals surface area contributed by atoms with Gasteiger partial charge in [0, 0.05) is 31.2 Å². The molecule has 24 heavy (non-hydrogen) atoms. The number of benzene rings is 1. The summed E-state index contributed by atoms with van der Waals surface area (Å²) in [6.07, 6.45) is 1.08. The molecule has 6 nitrogen and oxygen atoms in total. The van der Waals surface area contributed by atoms with Gasteiger partial charge in [-0.15, -0.1) is 12.4 Å². The number of halogens is 1. The lowest BCUT2D eigenvalue weighted by atomic mass is 10.1. The van der Waals surface area contributed by atoms with Crippen molar-refractivity contribution < 1.29 is 9.59 Å². The summed E-state index contributed by atoms with van der Waals surface area (Å²) >= 11 is 0. The van der Waals surface area contributed by atoms with E-state index < -0.39 is 0 Å². The van der Waals surface area contributed by atoms with Crippen LogP contribution in [-0.2, 0) is 6.54 Å². The Labute approximate surface area is 150 Å². The molecule has 0 spiro atoms. The third kappa shape index (κ3) is 9.37. The van der Waals surface area contributed by atoms with Crippen LogP contribution in [-0.4, -0.2) is 37.6 Å². The molecule has 4 N–H and O–H groups in total. The standard InChI is InChI=1S/C17H28N4O2.ClH/c1-4-9-18-10-11-19-16(22)15-7-5-14(6-8-15)12-20-17(23)21-13(2)3;/h5-8,13,18H,4,9-12H2,1-3H3,(H,19,22)(H2,20,21,23);1H. The molecule has 0 radical (unpaired) electrons. The molecule has 0 heterocycles. The first-order chi connectivity index (χ1) is 11.0. The van der Waals surface area contributed by atoms with Gasteiger partial charge in [-0.2, -0.15) is 0 Å². The van der Waals surface area contributed by atoms with Crippen molar-refractivity contribution in [1.29, 1.82) is 0 Å². The van der Waals surface area contributed by atoms with Gasteiger partial charge in [0.15, 0.2) is 0 Å². The second-order valence-electron chi connectivity index (χ2n) is 5.68. The summed E-state index contributed by atoms with van der Waals surface area (Å²) in [6, 6.07) is 7.15. The topological polar surface area (TPSA) is 82.3 Å². The maximum absolute atomic E-state index is 12.0. The molecule has 0 atom stereocenters. The average molecular weight is 357 g/mol. The van der Waals surface area contributed by atoms with Crippen LogP contribution < -0.4 is 21.3 Å². The Hall–Kier alpha value is -1.79. The predicted molar refractivity (Wildman–Crippen MR) is 99.7 cm³/mol. The van der Waals surface area contributed by atoms with E-state index in [0.29, 0.717) is 18.7 Å². The Morgan fingerprint density at radius 1 is 1.00 bits per heavy atom. The van der Waals surface area contributed by atoms with Gasteiger partial charge in [-0.25, -0.2) is 4.79 Å². The number of rotatable bonds is 9. The summed E-state index contributed by atoms with van der Waals surface area (Å²) in [6.45, 7) is 8.69. The van der Waals surface area contributed by atoms with Gasteiger partial charge in [0.2, 0.25) is 0 Å². The van der Waals surface area contributed by atoms with E-state index in [-0.39, 0.29) is 30.4 Å². The number of carbonyl (C=O) groups excluding carboxylic acids is 2. The minimum atomic E-state index is -0.193. The number of carbonyl (C=O) groups is 2. The number of amides is 3. The van der Waals surface area contributed by atoms with Crippen molar-refractivity contribution in [1.82, 2.24) is 21.3 Å². The molecule has 0 fully saturated rings. The highest BCUT2D eigenvalue weighted by atomic mass is 35.5. The van der Waals surface area contributed by atoms with E-state index in [1.54, 1.807) is 12.1 Å². The van der Waals surface area contributed by atoms with Crippen molar-refractivity contribution in [3.8, 4) is 0 Å². The summed E-state index contributed by atoms with van der Waals surface area (Å²) in [4.78, 5) is 23.5. The summed E-state index contributed by atoms with van der Waals surface area (Å²) in [5, 5.41) is 11.6. The Bertz CT molecular complexity index is 492. The smallest absolute Gasteiger partial charge is 0.315 e. The Balaban J connectivity index is 0.00000529. The quantitative estimate of drug-likeness (QED) is 0.511. The van der Waals surface area contributed by atoms with Crippen molar-refractivity contribution in [3.05, 3.63) is 35.4 Å². The van der Waals surface area contributed by atoms with Crippen molar-refractivity contribution >= 4 is 24.3 Å². The first-order valence-electron chi connectivity index (χ1n) is 8.15. The minimum absolute atomic E-state index is 0. The van der Waals surface area contributed by atoms with Crippen LogP contribution in [0.2, 0.25) is 0 Å². The van der Waals surface area contributed by atoms with Gasteiger partial charge >= 0.3 is 6.03 Å². The fourth-order valence-electron chi connectivity index (χ4n) is 1.94. The maximum Gasteiger partial charge on any atom is 0.315 e. The SMILES string of the molecule is CCCNCCNC(=O)c1ccc(CNC(=O)NC(C)C)cc1.Cl. The second kappa shape index (κ2) is 12.6. The highest BCUT2D eigenvalue weighted by Gasteiger charge is 2.05. The van der Waals surface area contributed by atoms with Crippen molar-refractivity contribution in [2.45, 2.75) is 39.8 Å². The predicted octanol–water partition coefficient (Wildman–Crippen LogP) is 2.05. The highest BCUT2D eigenvalue weighted by molar-refractivity contribution is 5.94. The molecule has 136 valence electrons. The van der Waals surface area contributed by atoms with E-state index in [2.05, 4.69) is 28.2 Å². The monoisotopic (exact) mass is 356 g/mol. The van der Waals surface area contributed by atoms with Crippen molar-refractivity contribution in [2.24, 2.45) is 0 Å². The van der Waals surface area contributed by atoms with Crippen molar-refractivity contribution in [3.63, 3.8) is 0 Å². The summed E-state index contributed by atoms with van der Waals surface area (Å²) < 4.78 is 0. The molecule has 0 aromatic heterocycles. The first-order valence-corrected chi connectivity index (χ1v) is 8.15. The van der Waals surface area contributed by atoms with E-state index >= 15 is 0 Å². The normalized spacial score (nSPS) is 10.0. The van der Waals surface area contributed by atoms with Gasteiger partial charge in [-0.1, -0.05) is 19.1 Å². The van der Waals surface area contributed by atoms with E-state index in [4.69, 9.17) is 0 Å². The molecule has 1 aromatic carbocycles. The van der Waals surface area contributed by atoms with Crippen LogP contribution in [0.5, 0.6) is 0 Å². The zero-order valence-electron chi connectivity index (χ0n) is 14.6. The first kappa shape index (κ1) is 22.2. The average Bonchev–Trinajstić information content (AvgIpc) is 2.52. The molecular formula is C17H29ClN4O2. The third-order valence-corrected chi connectivity index (χ3v) is 3.10. The molecule has 7 heteroatoms. The molecule has 0 aliphatic carbocycles. The second-order valence-corrected chi connectivity index (χ2v) is 5.68. The fourth-order valence-corrected chi connectivity index (χ4v) is 1.94. The van der Waals surface area contributed by atoms with Crippen LogP contribution in [0.15, 0.2) is 24.3 Å². The molecule has 0 bridgehead atoms. The van der Waals surface area contributed by atoms with Crippen LogP contribution in [0.3, 0.4) is 0 Å². The van der Waals surface area contributed by atoms with E-state index in [0.717, 1.165) is 25.1 Å². The van der Waals surface area contributed by atoms with Gasteiger partial charge < -0.3 is 21.3 Å². The largest absolute Gasteiger partial charge is 0.351 e. The van der Waals surface area contributed by atoms with E-state index in [1.165, 1.54) is 0 Å². The van der Waals surface area contributed by atoms with Crippen LogP contribution in [0.4, 0.5) is 4.79 Å². The lowest BCUT2D eigenvalue weighted by Crippen LogP contribution is -2.39. The number of hydrogen-bond donors (Lipinski definition) is 4. The van der Waals surface area contributed by atoms with Crippen LogP contribution in [0, 0.1) is 0 Å². The maximum atomic E-state index is 12.0. The zero-order chi connectivity index (χ0) is 17.1. The molecule has 3 amide bonds. The fraction of sp³-hybridized carbons (Fsp3) is 0.529. The number of urea groups is 1. The Morgan fingerprint density at radius 3 is 2.25 bits per heavy atom. The summed E-state index contributed by atoms with van der Waals surface area (Å²) in [5.41, 5.74) is 1.57. The molecular weight excluding hydrogens is 328 g/mol. The van der Waals surface area contributed by atoms with E-state index in [1.807, 2.05) is 26.0 Å². The third-order valence-electron chi connectivity index (χ3n) is 3.10. The van der Waals surface area contributed by atoms with Crippen LogP contribution in [0.25, 0.3) is 0 Å². The lowest BCUT2D eigenvalue weighted by molar-refractivity contribution is 0.0954. The highest BCUT2D eigenvalue weighted by Crippen LogP contribution is 2.04. The number of nitrogens with one attached hydrogen (secondary N) is 4. The minimum Gasteiger partial charge on any atom is -0.351 e. The van der Waals surface area contributed by atoms with Crippen LogP contribution in [0.1, 0.15) is 43.1 Å². The molecule has 0 unspecified atom stereocenters. The molecule has 1 aromatic rings.